The van der Waals surface area contributed by atoms with Crippen LogP contribution < -0.4 is 15.2 Å². The van der Waals surface area contributed by atoms with Crippen molar-refractivity contribution in [3.05, 3.63) is 37.9 Å². The molecule has 0 aliphatic carbocycles. The molecule has 0 aromatic heterocycles. The highest BCUT2D eigenvalue weighted by Crippen LogP contribution is 2.42. The Morgan fingerprint density at radius 2 is 1.67 bits per heavy atom. The van der Waals surface area contributed by atoms with Crippen molar-refractivity contribution >= 4 is 31.6 Å². The maximum absolute atomic E-state index is 13.6. The first-order valence-corrected chi connectivity index (χ1v) is 13.7. The van der Waals surface area contributed by atoms with Crippen molar-refractivity contribution in [3.8, 4) is 0 Å². The van der Waals surface area contributed by atoms with Crippen LogP contribution in [0.3, 0.4) is 0 Å². The summed E-state index contributed by atoms with van der Waals surface area (Å²) in [7, 11) is -9.56. The van der Waals surface area contributed by atoms with Gasteiger partial charge in [-0.3, -0.25) is 4.79 Å². The summed E-state index contributed by atoms with van der Waals surface area (Å²) in [6, 6.07) is 0.609. The highest BCUT2D eigenvalue weighted by Gasteiger charge is 2.48. The van der Waals surface area contributed by atoms with E-state index in [1.165, 1.54) is 0 Å². The quantitative estimate of drug-likeness (QED) is 0.257. The summed E-state index contributed by atoms with van der Waals surface area (Å²) in [6.45, 7) is -1.19. The molecule has 218 valence electrons. The minimum atomic E-state index is -5.21. The van der Waals surface area contributed by atoms with Gasteiger partial charge in [0, 0.05) is 25.9 Å². The lowest BCUT2D eigenvalue weighted by atomic mass is 9.88. The molecule has 4 N–H and O–H groups in total. The topological polar surface area (TPSA) is 243 Å². The van der Waals surface area contributed by atoms with Crippen molar-refractivity contribution in [2.45, 2.75) is 41.4 Å². The van der Waals surface area contributed by atoms with Gasteiger partial charge in [-0.1, -0.05) is 0 Å². The van der Waals surface area contributed by atoms with E-state index < -0.39 is 87.6 Å². The third-order valence-electron chi connectivity index (χ3n) is 6.08. The zero-order valence-corrected chi connectivity index (χ0v) is 21.4. The predicted octanol–water partition coefficient (Wildman–Crippen LogP) is -0.202. The second kappa shape index (κ2) is 9.91. The SMILES string of the molecule is CC(CO[N+](=O)[O-])(CO[N+](=O)[O-])C(=O)N1CCC2(CC1)Nc1cc(C(F)(F)F)c(S(N)(=O)=O)cc1S(=O)(=O)N2. The van der Waals surface area contributed by atoms with Crippen LogP contribution in [0.15, 0.2) is 21.9 Å². The number of anilines is 1. The van der Waals surface area contributed by atoms with Crippen LogP contribution in [-0.4, -0.2) is 69.8 Å². The lowest BCUT2D eigenvalue weighted by Gasteiger charge is -2.47. The molecule has 0 radical (unpaired) electrons. The van der Waals surface area contributed by atoms with E-state index in [9.17, 15) is 55.0 Å². The molecule has 0 unspecified atom stereocenters. The van der Waals surface area contributed by atoms with E-state index in [1.807, 2.05) is 0 Å². The van der Waals surface area contributed by atoms with Gasteiger partial charge in [0.2, 0.25) is 26.0 Å². The molecule has 0 saturated carbocycles. The van der Waals surface area contributed by atoms with Gasteiger partial charge in [-0.15, -0.1) is 20.2 Å². The third kappa shape index (κ3) is 6.39. The van der Waals surface area contributed by atoms with Crippen LogP contribution in [0.5, 0.6) is 0 Å². The van der Waals surface area contributed by atoms with Gasteiger partial charge in [0.25, 0.3) is 10.2 Å². The van der Waals surface area contributed by atoms with Crippen LogP contribution in [0, 0.1) is 25.6 Å². The molecule has 3 rings (SSSR count). The Balaban J connectivity index is 1.90. The Kier molecular flexibility index (Phi) is 7.64. The minimum Gasteiger partial charge on any atom is -0.365 e. The summed E-state index contributed by atoms with van der Waals surface area (Å²) in [6.07, 6.45) is -5.69. The zero-order chi connectivity index (χ0) is 29.6. The Bertz CT molecular complexity index is 1390. The lowest BCUT2D eigenvalue weighted by molar-refractivity contribution is -0.770. The number of carbonyl (C=O) groups excluding carboxylic acids is 1. The summed E-state index contributed by atoms with van der Waals surface area (Å²) in [5.74, 6) is -0.864. The molecule has 39 heavy (non-hydrogen) atoms. The van der Waals surface area contributed by atoms with Crippen LogP contribution in [0.1, 0.15) is 25.3 Å². The van der Waals surface area contributed by atoms with Crippen LogP contribution in [-0.2, 0) is 40.7 Å². The summed E-state index contributed by atoms with van der Waals surface area (Å²) in [5, 5.41) is 26.3. The van der Waals surface area contributed by atoms with Gasteiger partial charge in [0.15, 0.2) is 0 Å². The first-order chi connectivity index (χ1) is 17.7. The third-order valence-corrected chi connectivity index (χ3v) is 8.61. The van der Waals surface area contributed by atoms with E-state index in [0.29, 0.717) is 12.1 Å². The number of rotatable bonds is 8. The lowest BCUT2D eigenvalue weighted by Crippen LogP contribution is -2.63. The zero-order valence-electron chi connectivity index (χ0n) is 19.8. The van der Waals surface area contributed by atoms with Crippen LogP contribution in [0.25, 0.3) is 0 Å². The highest BCUT2D eigenvalue weighted by atomic mass is 32.2. The molecule has 1 fully saturated rings. The van der Waals surface area contributed by atoms with E-state index in [2.05, 4.69) is 19.7 Å². The van der Waals surface area contributed by atoms with E-state index in [1.54, 1.807) is 0 Å². The number of nitrogens with one attached hydrogen (secondary N) is 2. The number of sulfonamides is 2. The second-order valence-corrected chi connectivity index (χ2v) is 12.2. The molecular formula is C17H21F3N6O11S2. The molecule has 22 heteroatoms. The standard InChI is InChI=1S/C17H21F3N6O11S2/c1-15(8-36-25(28)29,9-37-26(30)31)14(27)24-4-2-16(3-5-24)22-11-6-10(17(18,19)20)12(38(21,32)33)7-13(11)39(34,35)23-16/h6-7,22-23H,2-5,8-9H2,1H3,(H2,21,32,33). The number of hydrogen-bond acceptors (Lipinski definition) is 12. The molecule has 1 amide bonds. The van der Waals surface area contributed by atoms with Gasteiger partial charge in [-0.2, -0.15) is 17.9 Å². The number of piperidine rings is 1. The predicted molar refractivity (Wildman–Crippen MR) is 119 cm³/mol. The number of carbonyl (C=O) groups is 1. The van der Waals surface area contributed by atoms with Crippen molar-refractivity contribution in [3.63, 3.8) is 0 Å². The summed E-state index contributed by atoms with van der Waals surface area (Å²) in [4.78, 5) is 41.6. The van der Waals surface area contributed by atoms with Crippen molar-refractivity contribution in [2.24, 2.45) is 10.6 Å². The van der Waals surface area contributed by atoms with Crippen molar-refractivity contribution in [1.29, 1.82) is 0 Å². The van der Waals surface area contributed by atoms with Gasteiger partial charge in [-0.25, -0.2) is 22.0 Å². The smallest absolute Gasteiger partial charge is 0.365 e. The number of halogens is 3. The molecule has 0 atom stereocenters. The van der Waals surface area contributed by atoms with Crippen molar-refractivity contribution < 1.29 is 54.6 Å². The fourth-order valence-electron chi connectivity index (χ4n) is 4.19. The Hall–Kier alpha value is -3.50. The van der Waals surface area contributed by atoms with Crippen LogP contribution in [0.2, 0.25) is 0 Å². The van der Waals surface area contributed by atoms with Gasteiger partial charge in [0.05, 0.1) is 21.6 Å². The average molecular weight is 607 g/mol. The molecule has 1 aromatic rings. The average Bonchev–Trinajstić information content (AvgIpc) is 2.79. The minimum absolute atomic E-state index is 0.238. The Labute approximate surface area is 217 Å². The first-order valence-electron chi connectivity index (χ1n) is 10.6. The Morgan fingerprint density at radius 3 is 2.10 bits per heavy atom. The van der Waals surface area contributed by atoms with E-state index >= 15 is 0 Å². The molecule has 2 aliphatic heterocycles. The number of likely N-dealkylation sites (tertiary alicyclic amines) is 1. The van der Waals surface area contributed by atoms with Crippen molar-refractivity contribution in [2.75, 3.05) is 31.6 Å². The molecule has 1 spiro atoms. The summed E-state index contributed by atoms with van der Waals surface area (Å²) in [5.41, 5.74) is -5.76. The van der Waals surface area contributed by atoms with Gasteiger partial charge in [0.1, 0.15) is 23.8 Å². The largest absolute Gasteiger partial charge is 0.417 e. The second-order valence-electron chi connectivity index (χ2n) is 9.05. The van der Waals surface area contributed by atoms with Gasteiger partial charge >= 0.3 is 6.18 Å². The molecule has 1 saturated heterocycles. The fraction of sp³-hybridized carbons (Fsp3) is 0.588. The number of benzene rings is 1. The molecule has 2 aliphatic rings. The number of nitrogens with zero attached hydrogens (tertiary/aromatic N) is 3. The van der Waals surface area contributed by atoms with E-state index in [-0.39, 0.29) is 25.9 Å². The van der Waals surface area contributed by atoms with Gasteiger partial charge in [-0.05, 0) is 19.1 Å². The molecular weight excluding hydrogens is 585 g/mol. The highest BCUT2D eigenvalue weighted by molar-refractivity contribution is 7.90. The summed E-state index contributed by atoms with van der Waals surface area (Å²) < 4.78 is 92.4. The number of fused-ring (bicyclic) bond motifs is 1. The van der Waals surface area contributed by atoms with Crippen LogP contribution >= 0.6 is 0 Å². The maximum Gasteiger partial charge on any atom is 0.417 e. The van der Waals surface area contributed by atoms with Crippen LogP contribution in [0.4, 0.5) is 18.9 Å². The fourth-order valence-corrected chi connectivity index (χ4v) is 6.58. The maximum atomic E-state index is 13.6. The van der Waals surface area contributed by atoms with Crippen molar-refractivity contribution in [1.82, 2.24) is 9.62 Å². The molecule has 1 aromatic carbocycles. The normalized spacial score (nSPS) is 18.5. The number of hydrogen-bond donors (Lipinski definition) is 3. The van der Waals surface area contributed by atoms with E-state index in [4.69, 9.17) is 5.14 Å². The monoisotopic (exact) mass is 606 g/mol. The molecule has 17 nitrogen and oxygen atoms in total. The number of amides is 1. The molecule has 0 bridgehead atoms. The Morgan fingerprint density at radius 1 is 1.15 bits per heavy atom. The first kappa shape index (κ1) is 30.0. The van der Waals surface area contributed by atoms with E-state index in [0.717, 1.165) is 11.8 Å². The molecule has 2 heterocycles. The number of nitrogens with two attached hydrogens (primary N) is 1. The van der Waals surface area contributed by atoms with Gasteiger partial charge < -0.3 is 19.9 Å². The number of primary sulfonamides is 1. The number of alkyl halides is 3. The summed E-state index contributed by atoms with van der Waals surface area (Å²) >= 11 is 0.